The molecule has 0 N–H and O–H groups in total. The number of hydrogen-bond donors (Lipinski definition) is 0. The van der Waals surface area contributed by atoms with E-state index >= 15 is 0 Å². The molecule has 0 aliphatic carbocycles. The Morgan fingerprint density at radius 3 is 3.11 bits per heavy atom. The fraction of sp³-hybridized carbons (Fsp3) is 0.250. The number of hydrogen-bond acceptors (Lipinski definition) is 5. The number of rotatable bonds is 3. The Morgan fingerprint density at radius 1 is 1.44 bits per heavy atom. The third-order valence-electron chi connectivity index (χ3n) is 2.70. The Morgan fingerprint density at radius 2 is 2.33 bits per heavy atom. The normalized spacial score (nSPS) is 11.2. The van der Waals surface area contributed by atoms with Crippen LogP contribution in [0.2, 0.25) is 0 Å². The molecule has 18 heavy (non-hydrogen) atoms. The van der Waals surface area contributed by atoms with Gasteiger partial charge in [0, 0.05) is 18.2 Å². The average molecular weight is 261 g/mol. The second kappa shape index (κ2) is 4.38. The van der Waals surface area contributed by atoms with E-state index in [2.05, 4.69) is 10.1 Å². The number of aryl methyl sites for hydroxylation is 3. The van der Waals surface area contributed by atoms with Gasteiger partial charge in [0.25, 0.3) is 5.56 Å². The first-order valence-electron chi connectivity index (χ1n) is 5.60. The summed E-state index contributed by atoms with van der Waals surface area (Å²) >= 11 is 1.42. The zero-order valence-corrected chi connectivity index (χ0v) is 10.6. The topological polar surface area (TPSA) is 60.4 Å². The van der Waals surface area contributed by atoms with Crippen molar-refractivity contribution in [1.29, 1.82) is 0 Å². The van der Waals surface area contributed by atoms with Crippen molar-refractivity contribution in [2.75, 3.05) is 0 Å². The molecule has 92 valence electrons. The van der Waals surface area contributed by atoms with Gasteiger partial charge in [-0.15, -0.1) is 11.3 Å². The molecule has 3 heterocycles. The van der Waals surface area contributed by atoms with Crippen LogP contribution in [0.4, 0.5) is 0 Å². The molecule has 0 aromatic carbocycles. The number of thiazole rings is 1. The molecule has 0 aliphatic rings. The summed E-state index contributed by atoms with van der Waals surface area (Å²) in [6, 6.07) is 3.72. The molecular weight excluding hydrogens is 250 g/mol. The Labute approximate surface area is 107 Å². The van der Waals surface area contributed by atoms with Crippen molar-refractivity contribution in [3.05, 3.63) is 51.3 Å². The molecule has 0 aliphatic heterocycles. The van der Waals surface area contributed by atoms with E-state index in [1.54, 1.807) is 10.8 Å². The first kappa shape index (κ1) is 11.2. The molecule has 3 rings (SSSR count). The van der Waals surface area contributed by atoms with Gasteiger partial charge < -0.3 is 4.42 Å². The molecule has 6 heteroatoms. The van der Waals surface area contributed by atoms with Crippen molar-refractivity contribution >= 4 is 16.3 Å². The van der Waals surface area contributed by atoms with Crippen LogP contribution < -0.4 is 5.56 Å². The van der Waals surface area contributed by atoms with Gasteiger partial charge in [-0.1, -0.05) is 0 Å². The monoisotopic (exact) mass is 261 g/mol. The van der Waals surface area contributed by atoms with Crippen molar-refractivity contribution in [2.45, 2.75) is 19.8 Å². The summed E-state index contributed by atoms with van der Waals surface area (Å²) < 4.78 is 6.95. The minimum absolute atomic E-state index is 0.247. The highest BCUT2D eigenvalue weighted by molar-refractivity contribution is 7.15. The first-order valence-corrected chi connectivity index (χ1v) is 6.48. The van der Waals surface area contributed by atoms with Crippen molar-refractivity contribution in [3.63, 3.8) is 0 Å². The van der Waals surface area contributed by atoms with E-state index in [1.165, 1.54) is 11.3 Å². The maximum absolute atomic E-state index is 11.8. The summed E-state index contributed by atoms with van der Waals surface area (Å²) in [5.74, 6) is 0.850. The lowest BCUT2D eigenvalue weighted by atomic mass is 10.2. The highest BCUT2D eigenvalue weighted by atomic mass is 32.1. The van der Waals surface area contributed by atoms with Crippen LogP contribution in [0, 0.1) is 6.92 Å². The highest BCUT2D eigenvalue weighted by Gasteiger charge is 2.09. The predicted octanol–water partition coefficient (Wildman–Crippen LogP) is 1.84. The van der Waals surface area contributed by atoms with Crippen LogP contribution >= 0.6 is 11.3 Å². The Balaban J connectivity index is 1.93. The maximum atomic E-state index is 11.8. The third kappa shape index (κ3) is 1.95. The first-order chi connectivity index (χ1) is 8.74. The van der Waals surface area contributed by atoms with E-state index in [-0.39, 0.29) is 5.56 Å². The lowest BCUT2D eigenvalue weighted by Crippen LogP contribution is -2.18. The molecule has 5 nitrogen and oxygen atoms in total. The summed E-state index contributed by atoms with van der Waals surface area (Å²) in [4.78, 5) is 16.5. The fourth-order valence-electron chi connectivity index (χ4n) is 1.75. The lowest BCUT2D eigenvalue weighted by Gasteiger charge is -1.99. The molecule has 0 saturated heterocycles. The molecule has 0 unspecified atom stereocenters. The minimum Gasteiger partial charge on any atom is -0.469 e. The van der Waals surface area contributed by atoms with Gasteiger partial charge in [0.15, 0.2) is 0 Å². The van der Waals surface area contributed by atoms with Crippen molar-refractivity contribution < 1.29 is 4.42 Å². The molecule has 0 fully saturated rings. The van der Waals surface area contributed by atoms with E-state index < -0.39 is 0 Å². The molecule has 0 spiro atoms. The number of fused-ring (bicyclic) bond motifs is 1. The van der Waals surface area contributed by atoms with Gasteiger partial charge in [-0.2, -0.15) is 10.1 Å². The molecule has 3 aromatic heterocycles. The van der Waals surface area contributed by atoms with Gasteiger partial charge >= 0.3 is 0 Å². The zero-order valence-electron chi connectivity index (χ0n) is 9.79. The maximum Gasteiger partial charge on any atom is 0.295 e. The number of furan rings is 1. The SMILES string of the molecule is Cc1csc2nc(=O)c(CCc3ccco3)nn12. The lowest BCUT2D eigenvalue weighted by molar-refractivity contribution is 0.506. The van der Waals surface area contributed by atoms with Gasteiger partial charge in [0.1, 0.15) is 11.5 Å². The van der Waals surface area contributed by atoms with Crippen LogP contribution in [0.5, 0.6) is 0 Å². The smallest absolute Gasteiger partial charge is 0.295 e. The summed E-state index contributed by atoms with van der Waals surface area (Å²) in [5, 5.41) is 6.28. The second-order valence-electron chi connectivity index (χ2n) is 4.01. The van der Waals surface area contributed by atoms with Gasteiger partial charge in [0.05, 0.1) is 12.0 Å². The molecule has 0 atom stereocenters. The minimum atomic E-state index is -0.247. The van der Waals surface area contributed by atoms with E-state index in [0.29, 0.717) is 23.5 Å². The van der Waals surface area contributed by atoms with Gasteiger partial charge in [-0.3, -0.25) is 4.79 Å². The molecule has 0 bridgehead atoms. The van der Waals surface area contributed by atoms with Crippen LogP contribution in [0.15, 0.2) is 33.0 Å². The quantitative estimate of drug-likeness (QED) is 0.721. The fourth-order valence-corrected chi connectivity index (χ4v) is 2.55. The third-order valence-corrected chi connectivity index (χ3v) is 3.64. The molecular formula is C12H11N3O2S. The van der Waals surface area contributed by atoms with E-state index in [9.17, 15) is 4.79 Å². The average Bonchev–Trinajstić information content (AvgIpc) is 2.97. The van der Waals surface area contributed by atoms with Crippen molar-refractivity contribution in [3.8, 4) is 0 Å². The molecule has 0 amide bonds. The predicted molar refractivity (Wildman–Crippen MR) is 68.0 cm³/mol. The Hall–Kier alpha value is -1.95. The van der Waals surface area contributed by atoms with Crippen molar-refractivity contribution in [1.82, 2.24) is 14.6 Å². The standard InChI is InChI=1S/C12H11N3O2S/c1-8-7-18-12-13-11(16)10(14-15(8)12)5-4-9-3-2-6-17-9/h2-3,6-7H,4-5H2,1H3. The second-order valence-corrected chi connectivity index (χ2v) is 4.85. The van der Waals surface area contributed by atoms with Crippen LogP contribution in [-0.4, -0.2) is 14.6 Å². The summed E-state index contributed by atoms with van der Waals surface area (Å²) in [5.41, 5.74) is 1.22. The van der Waals surface area contributed by atoms with E-state index in [4.69, 9.17) is 4.42 Å². The number of aromatic nitrogens is 3. The van der Waals surface area contributed by atoms with Crippen LogP contribution in [0.1, 0.15) is 17.1 Å². The summed E-state index contributed by atoms with van der Waals surface area (Å²) in [6.07, 6.45) is 2.82. The van der Waals surface area contributed by atoms with Gasteiger partial charge in [-0.05, 0) is 19.1 Å². The van der Waals surface area contributed by atoms with Crippen LogP contribution in [-0.2, 0) is 12.8 Å². The van der Waals surface area contributed by atoms with Crippen LogP contribution in [0.25, 0.3) is 4.96 Å². The van der Waals surface area contributed by atoms with Gasteiger partial charge in [-0.25, -0.2) is 4.52 Å². The van der Waals surface area contributed by atoms with Crippen LogP contribution in [0.3, 0.4) is 0 Å². The Kier molecular flexibility index (Phi) is 2.71. The van der Waals surface area contributed by atoms with E-state index in [0.717, 1.165) is 11.5 Å². The molecule has 3 aromatic rings. The highest BCUT2D eigenvalue weighted by Crippen LogP contribution is 2.11. The molecule has 0 saturated carbocycles. The van der Waals surface area contributed by atoms with E-state index in [1.807, 2.05) is 24.4 Å². The van der Waals surface area contributed by atoms with Gasteiger partial charge in [0.2, 0.25) is 4.96 Å². The zero-order chi connectivity index (χ0) is 12.5. The number of nitrogens with zero attached hydrogens (tertiary/aromatic N) is 3. The molecule has 0 radical (unpaired) electrons. The summed E-state index contributed by atoms with van der Waals surface area (Å²) in [7, 11) is 0. The van der Waals surface area contributed by atoms with Crippen molar-refractivity contribution in [2.24, 2.45) is 0 Å². The Bertz CT molecular complexity index is 727. The largest absolute Gasteiger partial charge is 0.469 e. The summed E-state index contributed by atoms with van der Waals surface area (Å²) in [6.45, 7) is 1.94.